The molecule has 0 saturated heterocycles. The van der Waals surface area contributed by atoms with Crippen LogP contribution in [-0.2, 0) is 14.8 Å². The van der Waals surface area contributed by atoms with Crippen molar-refractivity contribution in [1.82, 2.24) is 9.62 Å². The zero-order valence-corrected chi connectivity index (χ0v) is 14.5. The van der Waals surface area contributed by atoms with Crippen LogP contribution in [0.15, 0.2) is 29.2 Å². The van der Waals surface area contributed by atoms with Gasteiger partial charge in [-0.1, -0.05) is 13.8 Å². The molecule has 0 unspecified atom stereocenters. The van der Waals surface area contributed by atoms with Crippen LogP contribution in [0.5, 0.6) is 5.75 Å². The number of benzene rings is 1. The van der Waals surface area contributed by atoms with Gasteiger partial charge >= 0.3 is 0 Å². The molecule has 22 heavy (non-hydrogen) atoms. The second kappa shape index (κ2) is 7.60. The van der Waals surface area contributed by atoms with E-state index in [1.807, 2.05) is 13.8 Å². The fourth-order valence-electron chi connectivity index (χ4n) is 1.99. The second-order valence-corrected chi connectivity index (χ2v) is 7.43. The van der Waals surface area contributed by atoms with Crippen LogP contribution in [0.3, 0.4) is 0 Å². The number of ether oxygens (including phenoxy) is 1. The van der Waals surface area contributed by atoms with E-state index in [9.17, 15) is 13.2 Å². The third-order valence-corrected chi connectivity index (χ3v) is 4.60. The van der Waals surface area contributed by atoms with Crippen LogP contribution in [0.2, 0.25) is 0 Å². The van der Waals surface area contributed by atoms with E-state index < -0.39 is 16.1 Å². The first kappa shape index (κ1) is 18.4. The van der Waals surface area contributed by atoms with Crippen LogP contribution in [0.1, 0.15) is 20.3 Å². The van der Waals surface area contributed by atoms with Crippen LogP contribution in [0.4, 0.5) is 0 Å². The Kier molecular flexibility index (Phi) is 6.37. The van der Waals surface area contributed by atoms with Crippen LogP contribution in [0.25, 0.3) is 0 Å². The Morgan fingerprint density at radius 2 is 1.77 bits per heavy atom. The first-order valence-corrected chi connectivity index (χ1v) is 8.53. The van der Waals surface area contributed by atoms with Gasteiger partial charge in [0.2, 0.25) is 15.9 Å². The molecule has 0 saturated carbocycles. The van der Waals surface area contributed by atoms with Gasteiger partial charge in [-0.05, 0) is 36.6 Å². The molecule has 0 aliphatic carbocycles. The number of amides is 1. The number of hydrogen-bond acceptors (Lipinski definition) is 4. The van der Waals surface area contributed by atoms with E-state index in [1.165, 1.54) is 24.1 Å². The molecule has 0 bridgehead atoms. The van der Waals surface area contributed by atoms with E-state index in [0.29, 0.717) is 12.2 Å². The Hall–Kier alpha value is -1.60. The second-order valence-electron chi connectivity index (χ2n) is 5.71. The minimum Gasteiger partial charge on any atom is -0.497 e. The van der Waals surface area contributed by atoms with Crippen molar-refractivity contribution in [2.45, 2.75) is 31.2 Å². The zero-order valence-electron chi connectivity index (χ0n) is 13.7. The summed E-state index contributed by atoms with van der Waals surface area (Å²) in [6.45, 7) is 3.88. The summed E-state index contributed by atoms with van der Waals surface area (Å²) >= 11 is 0. The van der Waals surface area contributed by atoms with E-state index in [2.05, 4.69) is 4.72 Å². The molecule has 1 aromatic rings. The molecule has 7 heteroatoms. The van der Waals surface area contributed by atoms with Crippen molar-refractivity contribution < 1.29 is 17.9 Å². The number of carbonyl (C=O) groups excluding carboxylic acids is 1. The summed E-state index contributed by atoms with van der Waals surface area (Å²) in [6, 6.07) is 5.27. The van der Waals surface area contributed by atoms with Crippen LogP contribution >= 0.6 is 0 Å². The number of likely N-dealkylation sites (N-methyl/N-ethyl adjacent to an activating group) is 1. The first-order valence-electron chi connectivity index (χ1n) is 7.05. The predicted molar refractivity (Wildman–Crippen MR) is 85.3 cm³/mol. The van der Waals surface area contributed by atoms with Gasteiger partial charge < -0.3 is 9.64 Å². The molecule has 0 fully saturated rings. The van der Waals surface area contributed by atoms with E-state index in [0.717, 1.165) is 0 Å². The van der Waals surface area contributed by atoms with Gasteiger partial charge in [-0.3, -0.25) is 4.79 Å². The number of carbonyl (C=O) groups is 1. The van der Waals surface area contributed by atoms with E-state index in [-0.39, 0.29) is 16.7 Å². The van der Waals surface area contributed by atoms with Gasteiger partial charge in [0.15, 0.2) is 0 Å². The van der Waals surface area contributed by atoms with Crippen molar-refractivity contribution in [3.8, 4) is 5.75 Å². The van der Waals surface area contributed by atoms with E-state index in [1.54, 1.807) is 26.2 Å². The van der Waals surface area contributed by atoms with Gasteiger partial charge in [0.05, 0.1) is 12.0 Å². The van der Waals surface area contributed by atoms with Crippen molar-refractivity contribution >= 4 is 15.9 Å². The standard InChI is InChI=1S/C15H24N2O4S/c1-11(2)10-14(15(18)17(3)4)16-22(19,20)13-8-6-12(21-5)7-9-13/h6-9,11,14,16H,10H2,1-5H3/t14-/m0/s1. The predicted octanol–water partition coefficient (Wildman–Crippen LogP) is 1.48. The topological polar surface area (TPSA) is 75.7 Å². The van der Waals surface area contributed by atoms with Crippen molar-refractivity contribution in [1.29, 1.82) is 0 Å². The smallest absolute Gasteiger partial charge is 0.241 e. The maximum Gasteiger partial charge on any atom is 0.241 e. The molecule has 6 nitrogen and oxygen atoms in total. The molecule has 124 valence electrons. The maximum atomic E-state index is 12.4. The molecular weight excluding hydrogens is 304 g/mol. The maximum absolute atomic E-state index is 12.4. The van der Waals surface area contributed by atoms with Crippen LogP contribution in [-0.4, -0.2) is 46.5 Å². The molecule has 1 atom stereocenters. The monoisotopic (exact) mass is 328 g/mol. The highest BCUT2D eigenvalue weighted by Crippen LogP contribution is 2.17. The number of hydrogen-bond donors (Lipinski definition) is 1. The lowest BCUT2D eigenvalue weighted by Crippen LogP contribution is -2.46. The number of methoxy groups -OCH3 is 1. The Balaban J connectivity index is 3.00. The van der Waals surface area contributed by atoms with Crippen molar-refractivity contribution in [2.24, 2.45) is 5.92 Å². The molecule has 1 rings (SSSR count). The number of sulfonamides is 1. The van der Waals surface area contributed by atoms with E-state index >= 15 is 0 Å². The lowest BCUT2D eigenvalue weighted by Gasteiger charge is -2.23. The highest BCUT2D eigenvalue weighted by molar-refractivity contribution is 7.89. The minimum absolute atomic E-state index is 0.105. The summed E-state index contributed by atoms with van der Waals surface area (Å²) in [6.07, 6.45) is 0.437. The number of rotatable bonds is 7. The molecule has 0 heterocycles. The van der Waals surface area contributed by atoms with Crippen molar-refractivity contribution in [3.63, 3.8) is 0 Å². The summed E-state index contributed by atoms with van der Waals surface area (Å²) in [4.78, 5) is 13.7. The van der Waals surface area contributed by atoms with Crippen molar-refractivity contribution in [2.75, 3.05) is 21.2 Å². The minimum atomic E-state index is -3.76. The third kappa shape index (κ3) is 4.99. The largest absolute Gasteiger partial charge is 0.497 e. The molecule has 0 aromatic heterocycles. The molecule has 1 aromatic carbocycles. The summed E-state index contributed by atoms with van der Waals surface area (Å²) in [5.74, 6) is 0.500. The lowest BCUT2D eigenvalue weighted by molar-refractivity contribution is -0.130. The van der Waals surface area contributed by atoms with Gasteiger partial charge in [-0.25, -0.2) is 8.42 Å². The number of nitrogens with one attached hydrogen (secondary N) is 1. The SMILES string of the molecule is COc1ccc(S(=O)(=O)N[C@@H](CC(C)C)C(=O)N(C)C)cc1. The average molecular weight is 328 g/mol. The Morgan fingerprint density at radius 1 is 1.23 bits per heavy atom. The first-order chi connectivity index (χ1) is 10.2. The quantitative estimate of drug-likeness (QED) is 0.822. The van der Waals surface area contributed by atoms with Crippen LogP contribution in [0, 0.1) is 5.92 Å². The zero-order chi connectivity index (χ0) is 16.9. The number of nitrogens with zero attached hydrogens (tertiary/aromatic N) is 1. The molecule has 0 aliphatic rings. The highest BCUT2D eigenvalue weighted by Gasteiger charge is 2.27. The van der Waals surface area contributed by atoms with Gasteiger partial charge in [-0.15, -0.1) is 0 Å². The highest BCUT2D eigenvalue weighted by atomic mass is 32.2. The normalized spacial score (nSPS) is 13.0. The third-order valence-electron chi connectivity index (χ3n) is 3.11. The average Bonchev–Trinajstić information content (AvgIpc) is 2.45. The fraction of sp³-hybridized carbons (Fsp3) is 0.533. The molecule has 0 aliphatic heterocycles. The summed E-state index contributed by atoms with van der Waals surface area (Å²) in [7, 11) is 0.965. The Morgan fingerprint density at radius 3 is 2.18 bits per heavy atom. The molecular formula is C15H24N2O4S. The van der Waals surface area contributed by atoms with Gasteiger partial charge in [0.1, 0.15) is 11.8 Å². The Labute approximate surface area is 132 Å². The fourth-order valence-corrected chi connectivity index (χ4v) is 3.19. The molecule has 1 N–H and O–H groups in total. The summed E-state index contributed by atoms with van der Waals surface area (Å²) < 4.78 is 32.4. The van der Waals surface area contributed by atoms with Gasteiger partial charge in [0, 0.05) is 14.1 Å². The molecule has 0 radical (unpaired) electrons. The molecule has 0 spiro atoms. The van der Waals surface area contributed by atoms with Gasteiger partial charge in [-0.2, -0.15) is 4.72 Å². The van der Waals surface area contributed by atoms with Crippen LogP contribution < -0.4 is 9.46 Å². The summed E-state index contributed by atoms with van der Waals surface area (Å²) in [5, 5.41) is 0. The molecule has 1 amide bonds. The van der Waals surface area contributed by atoms with Crippen molar-refractivity contribution in [3.05, 3.63) is 24.3 Å². The van der Waals surface area contributed by atoms with E-state index in [4.69, 9.17) is 4.74 Å². The summed E-state index contributed by atoms with van der Waals surface area (Å²) in [5.41, 5.74) is 0. The Bertz CT molecular complexity index is 594. The lowest BCUT2D eigenvalue weighted by atomic mass is 10.0. The van der Waals surface area contributed by atoms with Gasteiger partial charge in [0.25, 0.3) is 0 Å².